The van der Waals surface area contributed by atoms with Gasteiger partial charge in [0.15, 0.2) is 0 Å². The number of benzene rings is 1. The van der Waals surface area contributed by atoms with Gasteiger partial charge in [-0.2, -0.15) is 0 Å². The molecule has 0 fully saturated rings. The van der Waals surface area contributed by atoms with Gasteiger partial charge in [-0.15, -0.1) is 0 Å². The van der Waals surface area contributed by atoms with Crippen LogP contribution in [0, 0.1) is 0 Å². The number of carbonyl (C=O) groups excluding carboxylic acids is 1. The van der Waals surface area contributed by atoms with E-state index < -0.39 is 0 Å². The van der Waals surface area contributed by atoms with Crippen molar-refractivity contribution >= 4 is 21.8 Å². The minimum absolute atomic E-state index is 0.0433. The number of hydrogen-bond acceptors (Lipinski definition) is 2. The van der Waals surface area contributed by atoms with Crippen LogP contribution in [0.4, 0.5) is 0 Å². The van der Waals surface area contributed by atoms with Gasteiger partial charge in [0.2, 0.25) is 5.91 Å². The summed E-state index contributed by atoms with van der Waals surface area (Å²) < 4.78 is 5.22. The molecule has 0 spiro atoms. The van der Waals surface area contributed by atoms with Crippen LogP contribution in [-0.2, 0) is 11.2 Å². The van der Waals surface area contributed by atoms with Crippen molar-refractivity contribution in [3.8, 4) is 5.75 Å². The Labute approximate surface area is 117 Å². The van der Waals surface area contributed by atoms with Gasteiger partial charge in [0.25, 0.3) is 0 Å². The Morgan fingerprint density at radius 3 is 2.83 bits per heavy atom. The third kappa shape index (κ3) is 5.54. The fourth-order valence-corrected chi connectivity index (χ4v) is 2.02. The maximum Gasteiger partial charge on any atom is 0.224 e. The summed E-state index contributed by atoms with van der Waals surface area (Å²) in [7, 11) is 1.62. The average molecular weight is 314 g/mol. The first-order chi connectivity index (χ1) is 8.63. The van der Waals surface area contributed by atoms with Crippen LogP contribution in [0.1, 0.15) is 25.3 Å². The lowest BCUT2D eigenvalue weighted by Crippen LogP contribution is -2.26. The average Bonchev–Trinajstić information content (AvgIpc) is 2.35. The van der Waals surface area contributed by atoms with E-state index in [0.29, 0.717) is 11.2 Å². The van der Waals surface area contributed by atoms with Crippen molar-refractivity contribution in [3.63, 3.8) is 0 Å². The number of halogens is 1. The monoisotopic (exact) mass is 313 g/mol. The van der Waals surface area contributed by atoms with Gasteiger partial charge < -0.3 is 10.1 Å². The second-order valence-corrected chi connectivity index (χ2v) is 5.82. The molecule has 4 heteroatoms. The summed E-state index contributed by atoms with van der Waals surface area (Å²) >= 11 is 3.49. The predicted molar refractivity (Wildman–Crippen MR) is 77.3 cm³/mol. The van der Waals surface area contributed by atoms with Crippen LogP contribution in [-0.4, -0.2) is 24.4 Å². The second kappa shape index (κ2) is 8.14. The molecule has 0 heterocycles. The molecule has 1 atom stereocenters. The predicted octanol–water partition coefficient (Wildman–Crippen LogP) is 2.92. The Balaban J connectivity index is 2.35. The number of amides is 1. The molecule has 100 valence electrons. The summed E-state index contributed by atoms with van der Waals surface area (Å²) in [6, 6.07) is 7.60. The molecule has 1 aromatic carbocycles. The SMILES string of the molecule is COc1ccccc1CC(=O)NCCCC(C)Br. The van der Waals surface area contributed by atoms with Crippen LogP contribution in [0.3, 0.4) is 0 Å². The van der Waals surface area contributed by atoms with E-state index in [0.717, 1.165) is 30.7 Å². The van der Waals surface area contributed by atoms with Gasteiger partial charge in [-0.05, 0) is 18.9 Å². The third-order valence-corrected chi connectivity index (χ3v) is 3.10. The molecular weight excluding hydrogens is 294 g/mol. The molecule has 0 saturated heterocycles. The zero-order chi connectivity index (χ0) is 13.4. The van der Waals surface area contributed by atoms with Crippen molar-refractivity contribution in [2.75, 3.05) is 13.7 Å². The van der Waals surface area contributed by atoms with Gasteiger partial charge in [-0.25, -0.2) is 0 Å². The first kappa shape index (κ1) is 15.0. The number of methoxy groups -OCH3 is 1. The molecule has 1 rings (SSSR count). The van der Waals surface area contributed by atoms with E-state index >= 15 is 0 Å². The van der Waals surface area contributed by atoms with E-state index in [2.05, 4.69) is 28.2 Å². The van der Waals surface area contributed by atoms with Crippen LogP contribution in [0.2, 0.25) is 0 Å². The minimum Gasteiger partial charge on any atom is -0.496 e. The van der Waals surface area contributed by atoms with Gasteiger partial charge in [-0.1, -0.05) is 41.1 Å². The molecule has 0 aliphatic heterocycles. The normalized spacial score (nSPS) is 11.9. The maximum atomic E-state index is 11.7. The second-order valence-electron chi connectivity index (χ2n) is 4.26. The van der Waals surface area contributed by atoms with Crippen molar-refractivity contribution in [1.29, 1.82) is 0 Å². The molecule has 0 saturated carbocycles. The number of para-hydroxylation sites is 1. The highest BCUT2D eigenvalue weighted by Gasteiger charge is 2.07. The van der Waals surface area contributed by atoms with Crippen LogP contribution < -0.4 is 10.1 Å². The minimum atomic E-state index is 0.0433. The molecule has 0 bridgehead atoms. The Morgan fingerprint density at radius 2 is 2.17 bits per heavy atom. The number of nitrogens with one attached hydrogen (secondary N) is 1. The first-order valence-electron chi connectivity index (χ1n) is 6.16. The van der Waals surface area contributed by atoms with Crippen LogP contribution in [0.5, 0.6) is 5.75 Å². The van der Waals surface area contributed by atoms with E-state index in [1.807, 2.05) is 24.3 Å². The lowest BCUT2D eigenvalue weighted by atomic mass is 10.1. The summed E-state index contributed by atoms with van der Waals surface area (Å²) in [5.74, 6) is 0.809. The van der Waals surface area contributed by atoms with E-state index in [9.17, 15) is 4.79 Å². The Kier molecular flexibility index (Phi) is 6.80. The zero-order valence-electron chi connectivity index (χ0n) is 10.9. The van der Waals surface area contributed by atoms with Crippen LogP contribution in [0.25, 0.3) is 0 Å². The zero-order valence-corrected chi connectivity index (χ0v) is 12.5. The van der Waals surface area contributed by atoms with Gasteiger partial charge in [0.1, 0.15) is 5.75 Å². The number of carbonyl (C=O) groups is 1. The largest absolute Gasteiger partial charge is 0.496 e. The van der Waals surface area contributed by atoms with Crippen LogP contribution in [0.15, 0.2) is 24.3 Å². The topological polar surface area (TPSA) is 38.3 Å². The molecule has 0 aliphatic rings. The highest BCUT2D eigenvalue weighted by Crippen LogP contribution is 2.17. The van der Waals surface area contributed by atoms with Crippen molar-refractivity contribution in [1.82, 2.24) is 5.32 Å². The molecule has 1 N–H and O–H groups in total. The van der Waals surface area contributed by atoms with E-state index in [1.165, 1.54) is 0 Å². The number of alkyl halides is 1. The van der Waals surface area contributed by atoms with Crippen molar-refractivity contribution in [2.45, 2.75) is 31.0 Å². The third-order valence-electron chi connectivity index (χ3n) is 2.64. The quantitative estimate of drug-likeness (QED) is 0.621. The Morgan fingerprint density at radius 1 is 1.44 bits per heavy atom. The first-order valence-corrected chi connectivity index (χ1v) is 7.07. The summed E-state index contributed by atoms with van der Waals surface area (Å²) in [4.78, 5) is 12.3. The summed E-state index contributed by atoms with van der Waals surface area (Å²) in [6.07, 6.45) is 2.42. The van der Waals surface area contributed by atoms with Crippen molar-refractivity contribution < 1.29 is 9.53 Å². The lowest BCUT2D eigenvalue weighted by molar-refractivity contribution is -0.120. The van der Waals surface area contributed by atoms with Gasteiger partial charge >= 0.3 is 0 Å². The highest BCUT2D eigenvalue weighted by atomic mass is 79.9. The molecule has 0 radical (unpaired) electrons. The standard InChI is InChI=1S/C14H20BrNO2/c1-11(15)6-5-9-16-14(17)10-12-7-3-4-8-13(12)18-2/h3-4,7-8,11H,5-6,9-10H2,1-2H3,(H,16,17). The molecule has 1 aromatic rings. The molecule has 18 heavy (non-hydrogen) atoms. The molecule has 0 aliphatic carbocycles. The number of rotatable bonds is 7. The molecule has 0 aromatic heterocycles. The smallest absolute Gasteiger partial charge is 0.224 e. The number of hydrogen-bond donors (Lipinski definition) is 1. The summed E-state index contributed by atoms with van der Waals surface area (Å²) in [5.41, 5.74) is 0.923. The van der Waals surface area contributed by atoms with Crippen molar-refractivity contribution in [3.05, 3.63) is 29.8 Å². The molecule has 1 amide bonds. The Bertz CT molecular complexity index is 380. The molecular formula is C14H20BrNO2. The van der Waals surface area contributed by atoms with E-state index in [4.69, 9.17) is 4.74 Å². The lowest BCUT2D eigenvalue weighted by Gasteiger charge is -2.09. The van der Waals surface area contributed by atoms with E-state index in [-0.39, 0.29) is 5.91 Å². The molecule has 3 nitrogen and oxygen atoms in total. The fourth-order valence-electron chi connectivity index (χ4n) is 1.70. The van der Waals surface area contributed by atoms with E-state index in [1.54, 1.807) is 7.11 Å². The van der Waals surface area contributed by atoms with Crippen LogP contribution >= 0.6 is 15.9 Å². The Hall–Kier alpha value is -1.03. The summed E-state index contributed by atoms with van der Waals surface area (Å²) in [6.45, 7) is 2.83. The van der Waals surface area contributed by atoms with Gasteiger partial charge in [0, 0.05) is 16.9 Å². The highest BCUT2D eigenvalue weighted by molar-refractivity contribution is 9.09. The fraction of sp³-hybridized carbons (Fsp3) is 0.500. The molecule has 1 unspecified atom stereocenters. The van der Waals surface area contributed by atoms with Crippen molar-refractivity contribution in [2.24, 2.45) is 0 Å². The van der Waals surface area contributed by atoms with Gasteiger partial charge in [-0.3, -0.25) is 4.79 Å². The summed E-state index contributed by atoms with van der Waals surface area (Å²) in [5, 5.41) is 2.92. The maximum absolute atomic E-state index is 11.7. The number of ether oxygens (including phenoxy) is 1. The van der Waals surface area contributed by atoms with Gasteiger partial charge in [0.05, 0.1) is 13.5 Å².